The molecule has 2 heterocycles. The average molecular weight is 361 g/mol. The van der Waals surface area contributed by atoms with Crippen LogP contribution in [0, 0.1) is 13.8 Å². The van der Waals surface area contributed by atoms with Crippen molar-refractivity contribution in [2.24, 2.45) is 0 Å². The van der Waals surface area contributed by atoms with Gasteiger partial charge < -0.3 is 9.32 Å². The molecule has 134 valence electrons. The molecule has 25 heavy (non-hydrogen) atoms. The van der Waals surface area contributed by atoms with Crippen LogP contribution < -0.4 is 0 Å². The van der Waals surface area contributed by atoms with Crippen LogP contribution in [-0.2, 0) is 21.1 Å². The second-order valence-corrected chi connectivity index (χ2v) is 8.94. The van der Waals surface area contributed by atoms with Gasteiger partial charge in [0.15, 0.2) is 9.84 Å². The third-order valence-corrected chi connectivity index (χ3v) is 6.73. The summed E-state index contributed by atoms with van der Waals surface area (Å²) in [5.41, 5.74) is 3.85. The molecule has 1 fully saturated rings. The average Bonchev–Trinajstić information content (AvgIpc) is 3.12. The van der Waals surface area contributed by atoms with E-state index >= 15 is 0 Å². The number of furan rings is 1. The number of nitrogens with zero attached hydrogens (tertiary/aromatic N) is 1. The van der Waals surface area contributed by atoms with Crippen LogP contribution in [0.5, 0.6) is 0 Å². The molecule has 1 unspecified atom stereocenters. The first-order valence-corrected chi connectivity index (χ1v) is 10.2. The van der Waals surface area contributed by atoms with Gasteiger partial charge in [0, 0.05) is 23.5 Å². The van der Waals surface area contributed by atoms with Crippen molar-refractivity contribution in [1.82, 2.24) is 4.90 Å². The summed E-state index contributed by atoms with van der Waals surface area (Å²) < 4.78 is 29.2. The predicted molar refractivity (Wildman–Crippen MR) is 98.4 cm³/mol. The number of fused-ring (bicyclic) bond motifs is 1. The zero-order valence-corrected chi connectivity index (χ0v) is 15.4. The number of hydrogen-bond acceptors (Lipinski definition) is 4. The fraction of sp³-hybridized carbons (Fsp3) is 0.421. The third kappa shape index (κ3) is 3.49. The van der Waals surface area contributed by atoms with Crippen molar-refractivity contribution in [3.63, 3.8) is 0 Å². The van der Waals surface area contributed by atoms with Crippen molar-refractivity contribution in [3.05, 3.63) is 47.7 Å². The Hall–Kier alpha value is -2.08. The molecule has 0 saturated carbocycles. The highest BCUT2D eigenvalue weighted by molar-refractivity contribution is 7.91. The molecule has 0 radical (unpaired) electrons. The van der Waals surface area contributed by atoms with Crippen molar-refractivity contribution in [2.75, 3.05) is 18.1 Å². The lowest BCUT2D eigenvalue weighted by atomic mass is 10.0. The maximum atomic E-state index is 12.8. The van der Waals surface area contributed by atoms with Crippen molar-refractivity contribution < 1.29 is 17.6 Å². The van der Waals surface area contributed by atoms with Crippen molar-refractivity contribution in [3.8, 4) is 0 Å². The van der Waals surface area contributed by atoms with E-state index in [1.54, 1.807) is 17.2 Å². The molecule has 1 aromatic heterocycles. The number of carbonyl (C=O) groups is 1. The van der Waals surface area contributed by atoms with Crippen molar-refractivity contribution in [2.45, 2.75) is 32.7 Å². The molecular formula is C19H23NO4S. The van der Waals surface area contributed by atoms with Gasteiger partial charge in [-0.1, -0.05) is 18.2 Å². The maximum absolute atomic E-state index is 12.8. The molecule has 0 bridgehead atoms. The summed E-state index contributed by atoms with van der Waals surface area (Å²) in [6.07, 6.45) is 3.96. The number of carbonyl (C=O) groups excluding carboxylic acids is 1. The Bertz CT molecular complexity index is 926. The molecule has 0 N–H and O–H groups in total. The molecule has 1 aromatic carbocycles. The summed E-state index contributed by atoms with van der Waals surface area (Å²) in [6, 6.07) is 3.73. The topological polar surface area (TPSA) is 67.6 Å². The van der Waals surface area contributed by atoms with E-state index in [0.29, 0.717) is 13.0 Å². The van der Waals surface area contributed by atoms with E-state index < -0.39 is 9.84 Å². The van der Waals surface area contributed by atoms with Crippen LogP contribution >= 0.6 is 0 Å². The number of aryl methyl sites for hydroxylation is 2. The van der Waals surface area contributed by atoms with Crippen LogP contribution in [0.2, 0.25) is 0 Å². The summed E-state index contributed by atoms with van der Waals surface area (Å²) in [5.74, 6) is 0.0887. The van der Waals surface area contributed by atoms with Gasteiger partial charge in [-0.3, -0.25) is 4.79 Å². The lowest BCUT2D eigenvalue weighted by molar-refractivity contribution is -0.131. The zero-order valence-electron chi connectivity index (χ0n) is 14.6. The molecule has 1 aliphatic heterocycles. The standard InChI is InChI=1S/C19H23NO4S/c1-4-8-20(16-7-9-25(22,23)12-16)18(21)10-15-11-24-19-14(3)13(2)5-6-17(15)19/h4-6,11,16H,1,7-10,12H2,2-3H3. The van der Waals surface area contributed by atoms with Gasteiger partial charge >= 0.3 is 0 Å². The Morgan fingerprint density at radius 2 is 2.16 bits per heavy atom. The van der Waals surface area contributed by atoms with Gasteiger partial charge in [0.1, 0.15) is 5.58 Å². The third-order valence-electron chi connectivity index (χ3n) is 4.98. The Morgan fingerprint density at radius 1 is 1.40 bits per heavy atom. The van der Waals surface area contributed by atoms with Gasteiger partial charge in [0.05, 0.1) is 24.2 Å². The molecular weight excluding hydrogens is 338 g/mol. The zero-order chi connectivity index (χ0) is 18.2. The molecule has 1 atom stereocenters. The fourth-order valence-electron chi connectivity index (χ4n) is 3.40. The van der Waals surface area contributed by atoms with Crippen molar-refractivity contribution >= 4 is 26.7 Å². The van der Waals surface area contributed by atoms with Crippen LogP contribution in [0.25, 0.3) is 11.0 Å². The van der Waals surface area contributed by atoms with Gasteiger partial charge in [0.2, 0.25) is 5.91 Å². The summed E-state index contributed by atoms with van der Waals surface area (Å²) in [7, 11) is -3.05. The minimum atomic E-state index is -3.05. The van der Waals surface area contributed by atoms with Crippen molar-refractivity contribution in [1.29, 1.82) is 0 Å². The highest BCUT2D eigenvalue weighted by Crippen LogP contribution is 2.27. The van der Waals surface area contributed by atoms with Crippen LogP contribution in [0.3, 0.4) is 0 Å². The summed E-state index contributed by atoms with van der Waals surface area (Å²) in [6.45, 7) is 8.07. The van der Waals surface area contributed by atoms with Crippen LogP contribution in [-0.4, -0.2) is 43.3 Å². The predicted octanol–water partition coefficient (Wildman–Crippen LogP) is 2.79. The first kappa shape index (κ1) is 17.7. The number of rotatable bonds is 5. The SMILES string of the molecule is C=CCN(C(=O)Cc1coc2c(C)c(C)ccc12)C1CCS(=O)(=O)C1. The molecule has 1 aliphatic rings. The quantitative estimate of drug-likeness (QED) is 0.768. The minimum absolute atomic E-state index is 0.0387. The van der Waals surface area contributed by atoms with E-state index in [9.17, 15) is 13.2 Å². The number of amides is 1. The smallest absolute Gasteiger partial charge is 0.227 e. The molecule has 0 aliphatic carbocycles. The minimum Gasteiger partial charge on any atom is -0.464 e. The Balaban J connectivity index is 1.85. The normalized spacial score (nSPS) is 19.2. The lowest BCUT2D eigenvalue weighted by Gasteiger charge is -2.27. The summed E-state index contributed by atoms with van der Waals surface area (Å²) in [4.78, 5) is 14.5. The molecule has 3 rings (SSSR count). The molecule has 0 spiro atoms. The molecule has 5 nitrogen and oxygen atoms in total. The van der Waals surface area contributed by atoms with Crippen LogP contribution in [0.4, 0.5) is 0 Å². The summed E-state index contributed by atoms with van der Waals surface area (Å²) in [5, 5.41) is 0.939. The van der Waals surface area contributed by atoms with Gasteiger partial charge in [-0.25, -0.2) is 8.42 Å². The Kier molecular flexibility index (Phi) is 4.73. The van der Waals surface area contributed by atoms with E-state index in [0.717, 1.165) is 27.7 Å². The highest BCUT2D eigenvalue weighted by atomic mass is 32.2. The summed E-state index contributed by atoms with van der Waals surface area (Å²) >= 11 is 0. The van der Waals surface area contributed by atoms with E-state index in [1.807, 2.05) is 26.0 Å². The van der Waals surface area contributed by atoms with Gasteiger partial charge in [-0.15, -0.1) is 6.58 Å². The highest BCUT2D eigenvalue weighted by Gasteiger charge is 2.34. The number of sulfone groups is 1. The van der Waals surface area contributed by atoms with Crippen LogP contribution in [0.1, 0.15) is 23.1 Å². The largest absolute Gasteiger partial charge is 0.464 e. The monoisotopic (exact) mass is 361 g/mol. The molecule has 2 aromatic rings. The Labute approximate surface area is 148 Å². The first-order valence-electron chi connectivity index (χ1n) is 8.39. The van der Waals surface area contributed by atoms with Crippen LogP contribution in [0.15, 0.2) is 35.5 Å². The second-order valence-electron chi connectivity index (χ2n) is 6.71. The Morgan fingerprint density at radius 3 is 2.80 bits per heavy atom. The van der Waals surface area contributed by atoms with E-state index in [2.05, 4.69) is 6.58 Å². The molecule has 6 heteroatoms. The number of hydrogen-bond donors (Lipinski definition) is 0. The number of benzene rings is 1. The van der Waals surface area contributed by atoms with Gasteiger partial charge in [0.25, 0.3) is 0 Å². The maximum Gasteiger partial charge on any atom is 0.227 e. The van der Waals surface area contributed by atoms with Gasteiger partial charge in [-0.05, 0) is 31.4 Å². The van der Waals surface area contributed by atoms with E-state index in [-0.39, 0.29) is 29.9 Å². The van der Waals surface area contributed by atoms with Gasteiger partial charge in [-0.2, -0.15) is 0 Å². The second kappa shape index (κ2) is 6.67. The molecule has 1 saturated heterocycles. The fourth-order valence-corrected chi connectivity index (χ4v) is 5.14. The first-order chi connectivity index (χ1) is 11.8. The van der Waals surface area contributed by atoms with E-state index in [1.165, 1.54) is 0 Å². The van der Waals surface area contributed by atoms with E-state index in [4.69, 9.17) is 4.42 Å². The lowest BCUT2D eigenvalue weighted by Crippen LogP contribution is -2.42. The molecule has 1 amide bonds.